The first kappa shape index (κ1) is 17.7. The summed E-state index contributed by atoms with van der Waals surface area (Å²) in [6, 6.07) is 7.34. The molecule has 0 saturated heterocycles. The Morgan fingerprint density at radius 2 is 1.96 bits per heavy atom. The van der Waals surface area contributed by atoms with Crippen molar-refractivity contribution >= 4 is 33.5 Å². The van der Waals surface area contributed by atoms with E-state index in [-0.39, 0.29) is 18.0 Å². The van der Waals surface area contributed by atoms with Crippen LogP contribution in [0, 0.1) is 0 Å². The summed E-state index contributed by atoms with van der Waals surface area (Å²) < 4.78 is 9.16. The largest absolute Gasteiger partial charge is 0.477 e. The predicted octanol–water partition coefficient (Wildman–Crippen LogP) is 2.37. The van der Waals surface area contributed by atoms with Gasteiger partial charge in [0.1, 0.15) is 5.75 Å². The van der Waals surface area contributed by atoms with Gasteiger partial charge >= 0.3 is 5.97 Å². The Balaban J connectivity index is 1.64. The molecule has 0 fully saturated rings. The minimum atomic E-state index is -1.23. The number of carboxylic acids is 1. The van der Waals surface area contributed by atoms with E-state index in [1.54, 1.807) is 6.20 Å². The van der Waals surface area contributed by atoms with Crippen LogP contribution in [0.1, 0.15) is 20.8 Å². The molecule has 1 aromatic carbocycles. The van der Waals surface area contributed by atoms with Crippen molar-refractivity contribution < 1.29 is 19.4 Å². The van der Waals surface area contributed by atoms with E-state index in [4.69, 9.17) is 4.74 Å². The molecule has 2 N–H and O–H groups in total. The number of ether oxygens (including phenoxy) is 1. The van der Waals surface area contributed by atoms with Gasteiger partial charge in [0.25, 0.3) is 5.91 Å². The van der Waals surface area contributed by atoms with Crippen molar-refractivity contribution in [2.75, 3.05) is 5.32 Å². The van der Waals surface area contributed by atoms with Crippen LogP contribution >= 0.6 is 15.9 Å². The molecular weight excluding hydrogens is 406 g/mol. The third-order valence-electron chi connectivity index (χ3n) is 3.45. The maximum atomic E-state index is 12.3. The molecule has 0 saturated carbocycles. The Kier molecular flexibility index (Phi) is 5.03. The van der Waals surface area contributed by atoms with Gasteiger partial charge in [-0.05, 0) is 24.3 Å². The van der Waals surface area contributed by atoms with Crippen molar-refractivity contribution in [1.29, 1.82) is 0 Å². The van der Waals surface area contributed by atoms with E-state index in [0.717, 1.165) is 9.15 Å². The first-order valence-electron chi connectivity index (χ1n) is 7.41. The molecule has 2 aromatic heterocycles. The van der Waals surface area contributed by atoms with Gasteiger partial charge in [0.05, 0.1) is 29.8 Å². The van der Waals surface area contributed by atoms with Crippen LogP contribution in [0.15, 0.2) is 47.3 Å². The van der Waals surface area contributed by atoms with Gasteiger partial charge in [-0.2, -0.15) is 10.2 Å². The SMILES string of the molecule is Cn1ncc(C(=O)Nc2cnn(COc3ccc(Br)cc3)c2)c1C(=O)O. The minimum Gasteiger partial charge on any atom is -0.477 e. The number of nitrogens with zero attached hydrogens (tertiary/aromatic N) is 4. The number of nitrogens with one attached hydrogen (secondary N) is 1. The molecule has 10 heteroatoms. The van der Waals surface area contributed by atoms with Crippen LogP contribution in [-0.4, -0.2) is 36.5 Å². The molecule has 134 valence electrons. The van der Waals surface area contributed by atoms with Gasteiger partial charge < -0.3 is 15.2 Å². The highest BCUT2D eigenvalue weighted by molar-refractivity contribution is 9.10. The highest BCUT2D eigenvalue weighted by atomic mass is 79.9. The number of carboxylic acid groups (broad SMARTS) is 1. The molecule has 3 aromatic rings. The number of benzene rings is 1. The van der Waals surface area contributed by atoms with Crippen LogP contribution in [-0.2, 0) is 13.8 Å². The monoisotopic (exact) mass is 419 g/mol. The van der Waals surface area contributed by atoms with Crippen molar-refractivity contribution in [1.82, 2.24) is 19.6 Å². The van der Waals surface area contributed by atoms with Gasteiger partial charge in [-0.15, -0.1) is 0 Å². The van der Waals surface area contributed by atoms with Gasteiger partial charge in [-0.3, -0.25) is 9.48 Å². The molecule has 0 unspecified atom stereocenters. The topological polar surface area (TPSA) is 111 Å². The quantitative estimate of drug-likeness (QED) is 0.634. The minimum absolute atomic E-state index is 0.0288. The first-order chi connectivity index (χ1) is 12.4. The second-order valence-electron chi connectivity index (χ2n) is 5.29. The molecule has 9 nitrogen and oxygen atoms in total. The Morgan fingerprint density at radius 1 is 1.23 bits per heavy atom. The number of hydrogen-bond acceptors (Lipinski definition) is 5. The first-order valence-corrected chi connectivity index (χ1v) is 8.21. The number of anilines is 1. The lowest BCUT2D eigenvalue weighted by Gasteiger charge is -2.06. The van der Waals surface area contributed by atoms with E-state index in [0.29, 0.717) is 11.4 Å². The Hall–Kier alpha value is -3.14. The Bertz CT molecular complexity index is 948. The molecular formula is C16H14BrN5O4. The number of carbonyl (C=O) groups excluding carboxylic acids is 1. The highest BCUT2D eigenvalue weighted by Gasteiger charge is 2.21. The van der Waals surface area contributed by atoms with E-state index in [9.17, 15) is 14.7 Å². The number of aromatic nitrogens is 4. The maximum absolute atomic E-state index is 12.3. The van der Waals surface area contributed by atoms with Crippen LogP contribution in [0.4, 0.5) is 5.69 Å². The number of aryl methyl sites for hydroxylation is 1. The van der Waals surface area contributed by atoms with Gasteiger partial charge in [-0.25, -0.2) is 9.48 Å². The van der Waals surface area contributed by atoms with Crippen LogP contribution in [0.25, 0.3) is 0 Å². The summed E-state index contributed by atoms with van der Waals surface area (Å²) in [6.07, 6.45) is 4.23. The molecule has 0 atom stereocenters. The van der Waals surface area contributed by atoms with E-state index in [1.807, 2.05) is 24.3 Å². The van der Waals surface area contributed by atoms with E-state index in [2.05, 4.69) is 31.4 Å². The lowest BCUT2D eigenvalue weighted by molar-refractivity contribution is 0.0680. The van der Waals surface area contributed by atoms with Gasteiger partial charge in [0.2, 0.25) is 0 Å². The number of rotatable bonds is 6. The highest BCUT2D eigenvalue weighted by Crippen LogP contribution is 2.17. The molecule has 0 aliphatic carbocycles. The lowest BCUT2D eigenvalue weighted by atomic mass is 10.2. The number of halogens is 1. The zero-order chi connectivity index (χ0) is 18.7. The summed E-state index contributed by atoms with van der Waals surface area (Å²) >= 11 is 3.35. The van der Waals surface area contributed by atoms with E-state index >= 15 is 0 Å². The van der Waals surface area contributed by atoms with Gasteiger partial charge in [0, 0.05) is 11.5 Å². The standard InChI is InChI=1S/C16H14BrN5O4/c1-21-14(16(24)25)13(7-18-21)15(23)20-11-6-19-22(8-11)9-26-12-4-2-10(17)3-5-12/h2-8H,9H2,1H3,(H,20,23)(H,24,25). The van der Waals surface area contributed by atoms with Crippen LogP contribution in [0.3, 0.4) is 0 Å². The third-order valence-corrected chi connectivity index (χ3v) is 3.98. The van der Waals surface area contributed by atoms with Gasteiger partial charge in [-0.1, -0.05) is 15.9 Å². The second kappa shape index (κ2) is 7.40. The number of carbonyl (C=O) groups is 2. The van der Waals surface area contributed by atoms with Crippen molar-refractivity contribution in [3.63, 3.8) is 0 Å². The second-order valence-corrected chi connectivity index (χ2v) is 6.20. The fraction of sp³-hybridized carbons (Fsp3) is 0.125. The summed E-state index contributed by atoms with van der Waals surface area (Å²) in [5.41, 5.74) is 0.196. The fourth-order valence-corrected chi connectivity index (χ4v) is 2.49. The summed E-state index contributed by atoms with van der Waals surface area (Å²) in [5.74, 6) is -1.13. The molecule has 1 amide bonds. The smallest absolute Gasteiger partial charge is 0.354 e. The molecule has 26 heavy (non-hydrogen) atoms. The predicted molar refractivity (Wildman–Crippen MR) is 95.1 cm³/mol. The third kappa shape index (κ3) is 3.91. The Morgan fingerprint density at radius 3 is 2.65 bits per heavy atom. The van der Waals surface area contributed by atoms with Crippen LogP contribution < -0.4 is 10.1 Å². The number of amides is 1. The zero-order valence-electron chi connectivity index (χ0n) is 13.6. The summed E-state index contributed by atoms with van der Waals surface area (Å²) in [5, 5.41) is 19.7. The van der Waals surface area contributed by atoms with Crippen molar-refractivity contribution in [3.05, 3.63) is 58.6 Å². The molecule has 0 bridgehead atoms. The normalized spacial score (nSPS) is 10.5. The van der Waals surface area contributed by atoms with Crippen molar-refractivity contribution in [3.8, 4) is 5.75 Å². The Labute approximate surface area is 156 Å². The maximum Gasteiger partial charge on any atom is 0.354 e. The summed E-state index contributed by atoms with van der Waals surface area (Å²) in [7, 11) is 1.46. The molecule has 0 radical (unpaired) electrons. The van der Waals surface area contributed by atoms with Crippen molar-refractivity contribution in [2.45, 2.75) is 6.73 Å². The lowest BCUT2D eigenvalue weighted by Crippen LogP contribution is -2.17. The van der Waals surface area contributed by atoms with E-state index < -0.39 is 11.9 Å². The zero-order valence-corrected chi connectivity index (χ0v) is 15.2. The number of hydrogen-bond donors (Lipinski definition) is 2. The summed E-state index contributed by atoms with van der Waals surface area (Å²) in [4.78, 5) is 23.5. The molecule has 3 rings (SSSR count). The molecule has 0 aliphatic heterocycles. The number of aromatic carboxylic acids is 1. The van der Waals surface area contributed by atoms with Crippen LogP contribution in [0.2, 0.25) is 0 Å². The summed E-state index contributed by atoms with van der Waals surface area (Å²) in [6.45, 7) is 0.158. The molecule has 0 aliphatic rings. The van der Waals surface area contributed by atoms with Crippen molar-refractivity contribution in [2.24, 2.45) is 7.05 Å². The van der Waals surface area contributed by atoms with E-state index in [1.165, 1.54) is 24.1 Å². The van der Waals surface area contributed by atoms with Crippen LogP contribution in [0.5, 0.6) is 5.75 Å². The molecule has 0 spiro atoms. The van der Waals surface area contributed by atoms with Gasteiger partial charge in [0.15, 0.2) is 12.4 Å². The average Bonchev–Trinajstić information content (AvgIpc) is 3.20. The average molecular weight is 420 g/mol. The fourth-order valence-electron chi connectivity index (χ4n) is 2.23. The molecule has 2 heterocycles.